The fourth-order valence-electron chi connectivity index (χ4n) is 3.39. The van der Waals surface area contributed by atoms with Crippen LogP contribution in [-0.2, 0) is 13.0 Å². The molecule has 0 bridgehead atoms. The number of hydrogen-bond acceptors (Lipinski definition) is 5. The summed E-state index contributed by atoms with van der Waals surface area (Å²) in [5.41, 5.74) is 12.0. The number of hydrogen-bond donors (Lipinski definition) is 2. The fraction of sp³-hybridized carbons (Fsp3) is 0.238. The van der Waals surface area contributed by atoms with E-state index >= 15 is 0 Å². The maximum absolute atomic E-state index is 6.43. The molecule has 0 spiro atoms. The second kappa shape index (κ2) is 7.04. The van der Waals surface area contributed by atoms with Crippen molar-refractivity contribution >= 4 is 23.0 Å². The molecule has 0 fully saturated rings. The van der Waals surface area contributed by atoms with Crippen LogP contribution < -0.4 is 16.0 Å². The van der Waals surface area contributed by atoms with Crippen LogP contribution in [0.15, 0.2) is 54.9 Å². The van der Waals surface area contributed by atoms with Gasteiger partial charge in [-0.25, -0.2) is 9.97 Å². The van der Waals surface area contributed by atoms with E-state index in [9.17, 15) is 0 Å². The Hall–Kier alpha value is -3.08. The smallest absolute Gasteiger partial charge is 0.161 e. The third-order valence-electron chi connectivity index (χ3n) is 4.81. The van der Waals surface area contributed by atoms with Crippen molar-refractivity contribution in [2.24, 2.45) is 0 Å². The lowest BCUT2D eigenvalue weighted by Gasteiger charge is -2.31. The minimum atomic E-state index is 0.594. The Morgan fingerprint density at radius 2 is 1.88 bits per heavy atom. The number of nitrogens with two attached hydrogens (primary N) is 1. The van der Waals surface area contributed by atoms with Crippen molar-refractivity contribution < 1.29 is 0 Å². The molecule has 5 nitrogen and oxygen atoms in total. The van der Waals surface area contributed by atoms with Crippen molar-refractivity contribution in [3.05, 3.63) is 71.5 Å². The van der Waals surface area contributed by atoms with Gasteiger partial charge in [-0.2, -0.15) is 0 Å². The van der Waals surface area contributed by atoms with Gasteiger partial charge in [0.2, 0.25) is 0 Å². The molecule has 0 radical (unpaired) electrons. The van der Waals surface area contributed by atoms with E-state index in [4.69, 9.17) is 5.73 Å². The predicted molar refractivity (Wildman–Crippen MR) is 107 cm³/mol. The Morgan fingerprint density at radius 1 is 1.08 bits per heavy atom. The number of aromatic nitrogens is 2. The number of anilines is 4. The second-order valence-electron chi connectivity index (χ2n) is 6.68. The number of fused-ring (bicyclic) bond motifs is 1. The van der Waals surface area contributed by atoms with Gasteiger partial charge in [0.1, 0.15) is 12.0 Å². The van der Waals surface area contributed by atoms with Gasteiger partial charge in [-0.15, -0.1) is 0 Å². The monoisotopic (exact) mass is 345 g/mol. The van der Waals surface area contributed by atoms with Crippen molar-refractivity contribution in [2.75, 3.05) is 22.5 Å². The van der Waals surface area contributed by atoms with Gasteiger partial charge >= 0.3 is 0 Å². The van der Waals surface area contributed by atoms with Gasteiger partial charge in [0.15, 0.2) is 11.6 Å². The molecular formula is C21H23N5. The maximum atomic E-state index is 6.43. The summed E-state index contributed by atoms with van der Waals surface area (Å²) in [5.74, 6) is 1.46. The molecule has 0 atom stereocenters. The van der Waals surface area contributed by atoms with Gasteiger partial charge in [-0.05, 0) is 37.0 Å². The third-order valence-corrected chi connectivity index (χ3v) is 4.81. The van der Waals surface area contributed by atoms with E-state index < -0.39 is 0 Å². The van der Waals surface area contributed by atoms with E-state index in [1.807, 2.05) is 0 Å². The highest BCUT2D eigenvalue weighted by Crippen LogP contribution is 2.36. The molecule has 1 aromatic heterocycles. The van der Waals surface area contributed by atoms with Crippen LogP contribution >= 0.6 is 0 Å². The van der Waals surface area contributed by atoms with Crippen molar-refractivity contribution in [3.63, 3.8) is 0 Å². The largest absolute Gasteiger partial charge is 0.393 e. The molecule has 1 aliphatic heterocycles. The zero-order chi connectivity index (χ0) is 17.9. The molecule has 2 aromatic carbocycles. The Kier molecular flexibility index (Phi) is 4.44. The van der Waals surface area contributed by atoms with Gasteiger partial charge in [-0.1, -0.05) is 48.0 Å². The van der Waals surface area contributed by atoms with Gasteiger partial charge in [0.05, 0.1) is 0 Å². The summed E-state index contributed by atoms with van der Waals surface area (Å²) in [6.07, 6.45) is 3.77. The summed E-state index contributed by atoms with van der Waals surface area (Å²) < 4.78 is 0. The van der Waals surface area contributed by atoms with E-state index in [1.54, 1.807) is 6.33 Å². The van der Waals surface area contributed by atoms with Crippen LogP contribution in [0, 0.1) is 6.92 Å². The lowest BCUT2D eigenvalue weighted by molar-refractivity contribution is 0.759. The summed E-state index contributed by atoms with van der Waals surface area (Å²) in [5, 5.41) is 3.35. The zero-order valence-corrected chi connectivity index (χ0v) is 14.9. The number of para-hydroxylation sites is 1. The molecule has 26 heavy (non-hydrogen) atoms. The first kappa shape index (κ1) is 16.4. The number of aryl methyl sites for hydroxylation is 2. The number of benzene rings is 2. The van der Waals surface area contributed by atoms with E-state index in [0.717, 1.165) is 25.2 Å². The topological polar surface area (TPSA) is 67.1 Å². The zero-order valence-electron chi connectivity index (χ0n) is 14.9. The summed E-state index contributed by atoms with van der Waals surface area (Å²) in [4.78, 5) is 11.0. The van der Waals surface area contributed by atoms with Crippen LogP contribution in [0.5, 0.6) is 0 Å². The van der Waals surface area contributed by atoms with Crippen LogP contribution in [0.1, 0.15) is 23.1 Å². The molecule has 0 amide bonds. The fourth-order valence-corrected chi connectivity index (χ4v) is 3.39. The number of nitrogens with one attached hydrogen (secondary N) is 1. The summed E-state index contributed by atoms with van der Waals surface area (Å²) in [6.45, 7) is 3.68. The standard InChI is InChI=1S/C21H23N5/c1-15-8-10-16(11-9-15)13-23-20-19(22)21(25-14-24-20)26-12-4-6-17-5-2-3-7-18(17)26/h2-3,5,7-11,14H,4,6,12-13,22H2,1H3,(H,23,24,25). The van der Waals surface area contributed by atoms with Crippen LogP contribution in [0.4, 0.5) is 23.0 Å². The Morgan fingerprint density at radius 3 is 2.73 bits per heavy atom. The highest BCUT2D eigenvalue weighted by atomic mass is 15.2. The predicted octanol–water partition coefficient (Wildman–Crippen LogP) is 4.06. The van der Waals surface area contributed by atoms with Crippen molar-refractivity contribution in [3.8, 4) is 0 Å². The molecule has 0 aliphatic carbocycles. The molecule has 3 N–H and O–H groups in total. The lowest BCUT2D eigenvalue weighted by atomic mass is 10.0. The SMILES string of the molecule is Cc1ccc(CNc2ncnc(N3CCCc4ccccc43)c2N)cc1. The van der Waals surface area contributed by atoms with E-state index in [0.29, 0.717) is 18.1 Å². The molecule has 3 aromatic rings. The Balaban J connectivity index is 1.59. The molecule has 0 saturated heterocycles. The van der Waals surface area contributed by atoms with Crippen molar-refractivity contribution in [1.29, 1.82) is 0 Å². The summed E-state index contributed by atoms with van der Waals surface area (Å²) in [6, 6.07) is 16.9. The Labute approximate surface area is 153 Å². The highest BCUT2D eigenvalue weighted by molar-refractivity contribution is 5.80. The first-order chi connectivity index (χ1) is 12.7. The number of nitrogen functional groups attached to an aromatic ring is 1. The van der Waals surface area contributed by atoms with E-state index in [2.05, 4.69) is 75.6 Å². The molecule has 4 rings (SSSR count). The van der Waals surface area contributed by atoms with Crippen LogP contribution in [0.3, 0.4) is 0 Å². The van der Waals surface area contributed by atoms with Crippen LogP contribution in [0.2, 0.25) is 0 Å². The quantitative estimate of drug-likeness (QED) is 0.746. The maximum Gasteiger partial charge on any atom is 0.161 e. The molecule has 2 heterocycles. The van der Waals surface area contributed by atoms with Gasteiger partial charge in [0, 0.05) is 18.8 Å². The average Bonchev–Trinajstić information content (AvgIpc) is 2.68. The molecular weight excluding hydrogens is 322 g/mol. The van der Waals surface area contributed by atoms with Crippen LogP contribution in [-0.4, -0.2) is 16.5 Å². The number of rotatable bonds is 4. The third kappa shape index (κ3) is 3.20. The molecule has 1 aliphatic rings. The van der Waals surface area contributed by atoms with Crippen molar-refractivity contribution in [1.82, 2.24) is 9.97 Å². The highest BCUT2D eigenvalue weighted by Gasteiger charge is 2.22. The van der Waals surface area contributed by atoms with Gasteiger partial charge < -0.3 is 16.0 Å². The molecule has 5 heteroatoms. The minimum Gasteiger partial charge on any atom is -0.393 e. The van der Waals surface area contributed by atoms with Gasteiger partial charge in [-0.3, -0.25) is 0 Å². The normalized spacial score (nSPS) is 13.3. The first-order valence-electron chi connectivity index (χ1n) is 8.98. The lowest BCUT2D eigenvalue weighted by Crippen LogP contribution is -2.26. The first-order valence-corrected chi connectivity index (χ1v) is 8.98. The van der Waals surface area contributed by atoms with Crippen LogP contribution in [0.25, 0.3) is 0 Å². The van der Waals surface area contributed by atoms with E-state index in [-0.39, 0.29) is 0 Å². The number of nitrogens with zero attached hydrogens (tertiary/aromatic N) is 3. The average molecular weight is 345 g/mol. The second-order valence-corrected chi connectivity index (χ2v) is 6.68. The van der Waals surface area contributed by atoms with Crippen molar-refractivity contribution in [2.45, 2.75) is 26.3 Å². The summed E-state index contributed by atoms with van der Waals surface area (Å²) in [7, 11) is 0. The van der Waals surface area contributed by atoms with E-state index in [1.165, 1.54) is 22.4 Å². The minimum absolute atomic E-state index is 0.594. The molecule has 132 valence electrons. The summed E-state index contributed by atoms with van der Waals surface area (Å²) >= 11 is 0. The molecule has 0 unspecified atom stereocenters. The molecule has 0 saturated carbocycles. The van der Waals surface area contributed by atoms with Gasteiger partial charge in [0.25, 0.3) is 0 Å². The Bertz CT molecular complexity index is 905.